The number of hydrogen-bond donors (Lipinski definition) is 4. The highest BCUT2D eigenvalue weighted by Crippen LogP contribution is 2.33. The number of carbonyl (C=O) groups excluding carboxylic acids is 3. The summed E-state index contributed by atoms with van der Waals surface area (Å²) in [4.78, 5) is 67.7. The number of azide groups is 1. The van der Waals surface area contributed by atoms with Crippen molar-refractivity contribution < 1.29 is 62.3 Å². The lowest BCUT2D eigenvalue weighted by molar-refractivity contribution is -0.371. The van der Waals surface area contributed by atoms with E-state index in [1.165, 1.54) is 17.7 Å². The number of aromatic nitrogens is 4. The number of ether oxygens (including phenoxy) is 7. The van der Waals surface area contributed by atoms with E-state index in [4.69, 9.17) is 54.1 Å². The first-order valence-electron chi connectivity index (χ1n) is 21.8. The predicted molar refractivity (Wildman–Crippen MR) is 226 cm³/mol. The Kier molecular flexibility index (Phi) is 25.3. The predicted octanol–water partition coefficient (Wildman–Crippen LogP) is 0.639. The Bertz CT molecular complexity index is 1700. The molecule has 0 spiro atoms. The number of hydroxylamine groups is 3. The van der Waals surface area contributed by atoms with Crippen molar-refractivity contribution in [2.75, 3.05) is 124 Å². The van der Waals surface area contributed by atoms with Crippen molar-refractivity contribution in [2.45, 2.75) is 77.1 Å². The van der Waals surface area contributed by atoms with E-state index in [1.54, 1.807) is 9.47 Å². The van der Waals surface area contributed by atoms with Gasteiger partial charge in [-0.25, -0.2) is 15.0 Å². The number of aliphatic hydroxyl groups is 1. The van der Waals surface area contributed by atoms with Crippen LogP contribution in [0.15, 0.2) is 17.8 Å². The summed E-state index contributed by atoms with van der Waals surface area (Å²) in [5.41, 5.74) is 18.0. The van der Waals surface area contributed by atoms with Gasteiger partial charge in [-0.15, -0.1) is 5.06 Å². The van der Waals surface area contributed by atoms with Crippen molar-refractivity contribution >= 4 is 34.6 Å². The Morgan fingerprint density at radius 2 is 1.64 bits per heavy atom. The molecule has 2 aromatic rings. The monoisotopic (exact) mass is 910 g/mol. The third-order valence-corrected chi connectivity index (χ3v) is 9.73. The van der Waals surface area contributed by atoms with E-state index < -0.39 is 24.7 Å². The quantitative estimate of drug-likeness (QED) is 0.0690. The van der Waals surface area contributed by atoms with Crippen molar-refractivity contribution in [3.05, 3.63) is 23.1 Å². The average Bonchev–Trinajstić information content (AvgIpc) is 3.71. The average molecular weight is 911 g/mol. The highest BCUT2D eigenvalue weighted by molar-refractivity contribution is 5.81. The number of amides is 2. The summed E-state index contributed by atoms with van der Waals surface area (Å²) in [6.07, 6.45) is 0.647. The summed E-state index contributed by atoms with van der Waals surface area (Å²) in [6, 6.07) is 0. The van der Waals surface area contributed by atoms with E-state index in [2.05, 4.69) is 35.8 Å². The molecule has 0 bridgehead atoms. The van der Waals surface area contributed by atoms with Crippen molar-refractivity contribution in [3.63, 3.8) is 0 Å². The zero-order chi connectivity index (χ0) is 45.8. The maximum Gasteiger partial charge on any atom is 0.224 e. The van der Waals surface area contributed by atoms with E-state index in [0.717, 1.165) is 0 Å². The molecule has 0 radical (unpaired) electrons. The van der Waals surface area contributed by atoms with Crippen LogP contribution in [0.5, 0.6) is 0 Å². The highest BCUT2D eigenvalue weighted by atomic mass is 16.7. The van der Waals surface area contributed by atoms with Gasteiger partial charge in [-0.1, -0.05) is 19.0 Å². The van der Waals surface area contributed by atoms with Crippen LogP contribution in [0.25, 0.3) is 21.6 Å². The maximum absolute atomic E-state index is 13.2. The molecule has 4 atom stereocenters. The van der Waals surface area contributed by atoms with Crippen LogP contribution in [-0.4, -0.2) is 189 Å². The lowest BCUT2D eigenvalue weighted by atomic mass is 10.0. The molecular formula is C39H66N12O13. The lowest BCUT2D eigenvalue weighted by Crippen LogP contribution is -2.63. The molecule has 5 N–H and O–H groups in total. The van der Waals surface area contributed by atoms with Crippen LogP contribution in [0, 0.1) is 5.92 Å². The van der Waals surface area contributed by atoms with Gasteiger partial charge in [0.2, 0.25) is 11.8 Å². The fourth-order valence-corrected chi connectivity index (χ4v) is 6.56. The molecule has 25 nitrogen and oxygen atoms in total. The number of nitrogens with two attached hydrogens (primary N) is 1. The summed E-state index contributed by atoms with van der Waals surface area (Å²) in [7, 11) is 0. The Labute approximate surface area is 372 Å². The number of Topliss-reactive ketones (excluding diaryl/α,β-unsaturated/α-hetero) is 1. The van der Waals surface area contributed by atoms with Gasteiger partial charge < -0.3 is 54.2 Å². The van der Waals surface area contributed by atoms with Crippen LogP contribution in [0.1, 0.15) is 58.6 Å². The molecule has 4 heterocycles. The number of imidazole rings is 1. The van der Waals surface area contributed by atoms with Crippen molar-refractivity contribution in [1.82, 2.24) is 40.3 Å². The van der Waals surface area contributed by atoms with Gasteiger partial charge in [-0.2, -0.15) is 5.48 Å². The van der Waals surface area contributed by atoms with Gasteiger partial charge in [0.25, 0.3) is 0 Å². The first-order chi connectivity index (χ1) is 31.2. The van der Waals surface area contributed by atoms with Crippen LogP contribution in [0.2, 0.25) is 0 Å². The molecule has 64 heavy (non-hydrogen) atoms. The summed E-state index contributed by atoms with van der Waals surface area (Å²) in [5, 5.41) is 19.1. The van der Waals surface area contributed by atoms with E-state index in [9.17, 15) is 19.5 Å². The summed E-state index contributed by atoms with van der Waals surface area (Å²) >= 11 is 0. The Morgan fingerprint density at radius 1 is 0.938 bits per heavy atom. The number of nitrogens with one attached hydrogen (secondary N) is 2. The van der Waals surface area contributed by atoms with Crippen molar-refractivity contribution in [2.24, 2.45) is 11.0 Å². The smallest absolute Gasteiger partial charge is 0.224 e. The first kappa shape index (κ1) is 52.4. The number of rotatable bonds is 18. The Hall–Kier alpha value is -4.21. The molecule has 3 unspecified atom stereocenters. The van der Waals surface area contributed by atoms with Gasteiger partial charge in [0.05, 0.1) is 105 Å². The van der Waals surface area contributed by atoms with Crippen LogP contribution in [0.4, 0.5) is 5.82 Å². The molecule has 2 aliphatic heterocycles. The standard InChI is InChI=1S/C39H66N12O13/c1-29(2)26-31-38(55)51-37(39(64-31)50-28-45-34-35(40)43-27-44-36(34)50)47-62-24-22-57-13-6-32(53)42-8-11-49(10-3-4-30(52)5-12-56-23-25-63-51)33(54)7-14-58-16-18-60-20-21-61-19-17-59-15-9-46-48-41/h27-29,31,37-39,47,55H,3-26H2,1-2H3,(H,42,53)(H2,40,43,44)/t31-,37?,38?,39?/m1/s1. The molecule has 4 rings (SSSR count). The van der Waals surface area contributed by atoms with Crippen LogP contribution in [-0.2, 0) is 57.2 Å². The third kappa shape index (κ3) is 19.1. The van der Waals surface area contributed by atoms with Crippen LogP contribution < -0.4 is 16.5 Å². The largest absolute Gasteiger partial charge is 0.382 e. The minimum atomic E-state index is -1.22. The number of morpholine rings is 1. The molecule has 0 aliphatic carbocycles. The maximum atomic E-state index is 13.2. The summed E-state index contributed by atoms with van der Waals surface area (Å²) < 4.78 is 41.3. The number of fused-ring (bicyclic) bond motifs is 2. The number of ketones is 1. The number of aliphatic hydroxyl groups excluding tert-OH is 1. The SMILES string of the molecule is CC(C)C[C@H]1OC(n2cnc3c(N)ncnc32)C2NOCCOCCC(=O)NCCN(C(=O)CCOCCOCCOCCOCCN=[N+]=[N-])CCCC(=O)CCOCCON2C1O. The van der Waals surface area contributed by atoms with Gasteiger partial charge in [-0.3, -0.25) is 28.6 Å². The van der Waals surface area contributed by atoms with Gasteiger partial charge in [-0.05, 0) is 24.3 Å². The number of nitrogens with zero attached hydrogens (tertiary/aromatic N) is 9. The summed E-state index contributed by atoms with van der Waals surface area (Å²) in [6.45, 7) is 8.40. The zero-order valence-electron chi connectivity index (χ0n) is 37.0. The van der Waals surface area contributed by atoms with Gasteiger partial charge in [0, 0.05) is 50.4 Å². The highest BCUT2D eigenvalue weighted by Gasteiger charge is 2.46. The molecule has 360 valence electrons. The Morgan fingerprint density at radius 3 is 2.38 bits per heavy atom. The number of anilines is 1. The minimum Gasteiger partial charge on any atom is -0.382 e. The van der Waals surface area contributed by atoms with Crippen LogP contribution >= 0.6 is 0 Å². The van der Waals surface area contributed by atoms with E-state index >= 15 is 0 Å². The van der Waals surface area contributed by atoms with E-state index in [-0.39, 0.29) is 121 Å². The topological polar surface area (TPSA) is 303 Å². The lowest BCUT2D eigenvalue weighted by Gasteiger charge is -2.47. The fourth-order valence-electron chi connectivity index (χ4n) is 6.56. The normalized spacial score (nSPS) is 22.4. The van der Waals surface area contributed by atoms with Gasteiger partial charge >= 0.3 is 0 Å². The van der Waals surface area contributed by atoms with Gasteiger partial charge in [0.1, 0.15) is 23.7 Å². The molecular weight excluding hydrogens is 844 g/mol. The Balaban J connectivity index is 1.25. The molecule has 2 aromatic heterocycles. The number of carbonyl (C=O) groups is 3. The zero-order valence-corrected chi connectivity index (χ0v) is 37.0. The molecule has 0 aromatic carbocycles. The van der Waals surface area contributed by atoms with Crippen molar-refractivity contribution in [3.8, 4) is 0 Å². The molecule has 25 heteroatoms. The van der Waals surface area contributed by atoms with E-state index in [0.29, 0.717) is 76.8 Å². The molecule has 2 saturated heterocycles. The molecule has 2 aliphatic rings. The fraction of sp³-hybridized carbons (Fsp3) is 0.795. The van der Waals surface area contributed by atoms with E-state index in [1.807, 2.05) is 13.8 Å². The molecule has 0 saturated carbocycles. The number of hydrogen-bond acceptors (Lipinski definition) is 20. The second-order valence-electron chi connectivity index (χ2n) is 15.0. The summed E-state index contributed by atoms with van der Waals surface area (Å²) in [5.74, 6) is -0.0840. The molecule has 2 amide bonds. The second kappa shape index (κ2) is 30.8. The van der Waals surface area contributed by atoms with Crippen molar-refractivity contribution in [1.29, 1.82) is 0 Å². The van der Waals surface area contributed by atoms with Crippen LogP contribution in [0.3, 0.4) is 0 Å². The molecule has 2 fully saturated rings. The second-order valence-corrected chi connectivity index (χ2v) is 15.0. The first-order valence-corrected chi connectivity index (χ1v) is 21.8. The number of nitrogen functional groups attached to an aromatic ring is 1. The third-order valence-electron chi connectivity index (χ3n) is 9.73. The minimum absolute atomic E-state index is 0.0262. The van der Waals surface area contributed by atoms with Gasteiger partial charge in [0.15, 0.2) is 30.1 Å².